The molecule has 108 valence electrons. The molecule has 0 aliphatic carbocycles. The Hall–Kier alpha value is -0.160. The Morgan fingerprint density at radius 3 is 2.28 bits per heavy atom. The maximum atomic E-state index is 5.56. The first-order chi connectivity index (χ1) is 8.61. The van der Waals surface area contributed by atoms with E-state index in [1.165, 1.54) is 58.7 Å². The highest BCUT2D eigenvalue weighted by molar-refractivity contribution is 4.74. The third-order valence-corrected chi connectivity index (χ3v) is 3.80. The maximum absolute atomic E-state index is 5.56. The minimum Gasteiger partial charge on any atom is -0.330 e. The molecule has 1 aliphatic heterocycles. The molecule has 2 N–H and O–H groups in total. The van der Waals surface area contributed by atoms with Gasteiger partial charge in [0.25, 0.3) is 0 Å². The number of rotatable bonds is 8. The molecule has 1 heterocycles. The number of hydrogen-bond acceptors (Lipinski definition) is 4. The van der Waals surface area contributed by atoms with Crippen LogP contribution in [0.2, 0.25) is 0 Å². The van der Waals surface area contributed by atoms with Gasteiger partial charge in [0.1, 0.15) is 0 Å². The molecule has 0 aromatic heterocycles. The lowest BCUT2D eigenvalue weighted by Gasteiger charge is -2.36. The largest absolute Gasteiger partial charge is 0.330 e. The van der Waals surface area contributed by atoms with E-state index in [1.54, 1.807) is 0 Å². The van der Waals surface area contributed by atoms with E-state index in [0.29, 0.717) is 0 Å². The molecule has 1 atom stereocenters. The van der Waals surface area contributed by atoms with Gasteiger partial charge in [0.2, 0.25) is 0 Å². The van der Waals surface area contributed by atoms with Crippen molar-refractivity contribution in [1.82, 2.24) is 14.7 Å². The number of nitrogens with two attached hydrogens (primary N) is 1. The first-order valence-corrected chi connectivity index (χ1v) is 7.41. The normalized spacial score (nSPS) is 20.5. The number of nitrogens with zero attached hydrogens (tertiary/aromatic N) is 3. The summed E-state index contributed by atoms with van der Waals surface area (Å²) in [6.45, 7) is 11.8. The summed E-state index contributed by atoms with van der Waals surface area (Å²) >= 11 is 0. The Balaban J connectivity index is 2.11. The van der Waals surface area contributed by atoms with Crippen molar-refractivity contribution in [2.24, 2.45) is 11.7 Å². The summed E-state index contributed by atoms with van der Waals surface area (Å²) in [6.07, 6.45) is 2.45. The van der Waals surface area contributed by atoms with E-state index in [1.807, 2.05) is 0 Å². The summed E-state index contributed by atoms with van der Waals surface area (Å²) in [6, 6.07) is 0. The summed E-state index contributed by atoms with van der Waals surface area (Å²) in [4.78, 5) is 7.47. The van der Waals surface area contributed by atoms with E-state index in [9.17, 15) is 0 Å². The lowest BCUT2D eigenvalue weighted by molar-refractivity contribution is 0.113. The van der Waals surface area contributed by atoms with Gasteiger partial charge in [0, 0.05) is 45.8 Å². The van der Waals surface area contributed by atoms with Crippen LogP contribution in [-0.2, 0) is 0 Å². The van der Waals surface area contributed by atoms with Gasteiger partial charge in [0.05, 0.1) is 0 Å². The molecule has 18 heavy (non-hydrogen) atoms. The molecule has 4 heteroatoms. The van der Waals surface area contributed by atoms with Gasteiger partial charge in [-0.25, -0.2) is 0 Å². The zero-order valence-corrected chi connectivity index (χ0v) is 12.6. The third-order valence-electron chi connectivity index (χ3n) is 3.80. The third kappa shape index (κ3) is 6.69. The van der Waals surface area contributed by atoms with Crippen LogP contribution in [0.1, 0.15) is 19.8 Å². The summed E-state index contributed by atoms with van der Waals surface area (Å²) in [7, 11) is 4.30. The molecule has 0 saturated carbocycles. The molecule has 1 aliphatic rings. The zero-order chi connectivity index (χ0) is 13.4. The van der Waals surface area contributed by atoms with Crippen molar-refractivity contribution in [1.29, 1.82) is 0 Å². The number of hydrogen-bond donors (Lipinski definition) is 1. The summed E-state index contributed by atoms with van der Waals surface area (Å²) < 4.78 is 0. The summed E-state index contributed by atoms with van der Waals surface area (Å²) in [5.74, 6) is 0.793. The first kappa shape index (κ1) is 15.9. The molecule has 1 fully saturated rings. The van der Waals surface area contributed by atoms with E-state index in [-0.39, 0.29) is 0 Å². The minimum absolute atomic E-state index is 0.793. The van der Waals surface area contributed by atoms with Crippen LogP contribution < -0.4 is 5.73 Å². The Kier molecular flexibility index (Phi) is 7.82. The van der Waals surface area contributed by atoms with Crippen molar-refractivity contribution in [3.63, 3.8) is 0 Å². The highest BCUT2D eigenvalue weighted by Gasteiger charge is 2.17. The summed E-state index contributed by atoms with van der Waals surface area (Å²) in [5.41, 5.74) is 5.56. The lowest BCUT2D eigenvalue weighted by Crippen LogP contribution is -2.48. The van der Waals surface area contributed by atoms with E-state index in [0.717, 1.165) is 12.5 Å². The predicted octanol–water partition coefficient (Wildman–Crippen LogP) is 0.541. The molecule has 0 spiro atoms. The fraction of sp³-hybridized carbons (Fsp3) is 1.00. The molecule has 1 unspecified atom stereocenters. The highest BCUT2D eigenvalue weighted by Crippen LogP contribution is 2.10. The zero-order valence-electron chi connectivity index (χ0n) is 12.6. The number of piperazine rings is 1. The van der Waals surface area contributed by atoms with Crippen LogP contribution in [0.25, 0.3) is 0 Å². The van der Waals surface area contributed by atoms with Gasteiger partial charge in [0.15, 0.2) is 0 Å². The van der Waals surface area contributed by atoms with Crippen LogP contribution in [0, 0.1) is 5.92 Å². The van der Waals surface area contributed by atoms with Crippen LogP contribution >= 0.6 is 0 Å². The van der Waals surface area contributed by atoms with Crippen LogP contribution in [-0.4, -0.2) is 81.2 Å². The van der Waals surface area contributed by atoms with Crippen molar-refractivity contribution in [2.45, 2.75) is 19.8 Å². The molecular formula is C14H32N4. The van der Waals surface area contributed by atoms with Crippen LogP contribution in [0.4, 0.5) is 0 Å². The lowest BCUT2D eigenvalue weighted by atomic mass is 10.0. The van der Waals surface area contributed by atoms with Crippen molar-refractivity contribution >= 4 is 0 Å². The fourth-order valence-corrected chi connectivity index (χ4v) is 2.54. The van der Waals surface area contributed by atoms with E-state index < -0.39 is 0 Å². The molecule has 0 bridgehead atoms. The van der Waals surface area contributed by atoms with Gasteiger partial charge >= 0.3 is 0 Å². The average Bonchev–Trinajstić information content (AvgIpc) is 2.35. The quantitative estimate of drug-likeness (QED) is 0.688. The van der Waals surface area contributed by atoms with E-state index >= 15 is 0 Å². The molecule has 0 aromatic rings. The van der Waals surface area contributed by atoms with Crippen LogP contribution in [0.3, 0.4) is 0 Å². The standard InChI is InChI=1S/C14H32N4/c1-14(5-4-6-15)13-18-11-9-17(10-12-18)8-7-16(2)3/h14H,4-13,15H2,1-3H3. The van der Waals surface area contributed by atoms with E-state index in [2.05, 4.69) is 35.7 Å². The molecule has 1 saturated heterocycles. The van der Waals surface area contributed by atoms with Gasteiger partial charge in [-0.05, 0) is 39.4 Å². The second-order valence-corrected chi connectivity index (χ2v) is 5.98. The van der Waals surface area contributed by atoms with Crippen LogP contribution in [0.5, 0.6) is 0 Å². The molecule has 1 rings (SSSR count). The fourth-order valence-electron chi connectivity index (χ4n) is 2.54. The topological polar surface area (TPSA) is 35.7 Å². The van der Waals surface area contributed by atoms with Crippen molar-refractivity contribution in [3.05, 3.63) is 0 Å². The predicted molar refractivity (Wildman–Crippen MR) is 78.9 cm³/mol. The minimum atomic E-state index is 0.793. The Labute approximate surface area is 113 Å². The molecule has 0 amide bonds. The maximum Gasteiger partial charge on any atom is 0.0110 e. The smallest absolute Gasteiger partial charge is 0.0110 e. The number of likely N-dealkylation sites (N-methyl/N-ethyl adjacent to an activating group) is 1. The van der Waals surface area contributed by atoms with Crippen molar-refractivity contribution < 1.29 is 0 Å². The molecule has 4 nitrogen and oxygen atoms in total. The Bertz CT molecular complexity index is 200. The molecule has 0 aromatic carbocycles. The Morgan fingerprint density at radius 2 is 1.72 bits per heavy atom. The van der Waals surface area contributed by atoms with Gasteiger partial charge in [-0.2, -0.15) is 0 Å². The molecule has 0 radical (unpaired) electrons. The Morgan fingerprint density at radius 1 is 1.11 bits per heavy atom. The summed E-state index contributed by atoms with van der Waals surface area (Å²) in [5, 5.41) is 0. The van der Waals surface area contributed by atoms with Gasteiger partial charge in [-0.15, -0.1) is 0 Å². The highest BCUT2D eigenvalue weighted by atomic mass is 15.3. The van der Waals surface area contributed by atoms with Crippen molar-refractivity contribution in [2.75, 3.05) is 66.5 Å². The van der Waals surface area contributed by atoms with Crippen molar-refractivity contribution in [3.8, 4) is 0 Å². The van der Waals surface area contributed by atoms with Gasteiger partial charge < -0.3 is 15.5 Å². The SMILES string of the molecule is CC(CCCN)CN1CCN(CCN(C)C)CC1. The second-order valence-electron chi connectivity index (χ2n) is 5.98. The average molecular weight is 256 g/mol. The monoisotopic (exact) mass is 256 g/mol. The van der Waals surface area contributed by atoms with E-state index in [4.69, 9.17) is 5.73 Å². The molecular weight excluding hydrogens is 224 g/mol. The van der Waals surface area contributed by atoms with Gasteiger partial charge in [-0.3, -0.25) is 4.90 Å². The van der Waals surface area contributed by atoms with Crippen LogP contribution in [0.15, 0.2) is 0 Å². The first-order valence-electron chi connectivity index (χ1n) is 7.41. The second kappa shape index (κ2) is 8.86. The van der Waals surface area contributed by atoms with Gasteiger partial charge in [-0.1, -0.05) is 6.92 Å².